The van der Waals surface area contributed by atoms with Crippen LogP contribution in [0.4, 0.5) is 0 Å². The maximum absolute atomic E-state index is 5.26. The third-order valence-corrected chi connectivity index (χ3v) is 3.65. The first-order valence-corrected chi connectivity index (χ1v) is 6.86. The molecule has 2 rings (SSSR count). The van der Waals surface area contributed by atoms with Gasteiger partial charge >= 0.3 is 0 Å². The Morgan fingerprint density at radius 3 is 3.11 bits per heavy atom. The molecule has 0 bridgehead atoms. The highest BCUT2D eigenvalue weighted by atomic mass is 16.5. The largest absolute Gasteiger partial charge is 0.497 e. The molecule has 1 atom stereocenters. The van der Waals surface area contributed by atoms with Crippen molar-refractivity contribution in [1.29, 1.82) is 0 Å². The quantitative estimate of drug-likeness (QED) is 0.881. The molecule has 1 unspecified atom stereocenters. The van der Waals surface area contributed by atoms with Crippen LogP contribution >= 0.6 is 0 Å². The monoisotopic (exact) mass is 248 g/mol. The van der Waals surface area contributed by atoms with Crippen LogP contribution in [0.2, 0.25) is 0 Å². The van der Waals surface area contributed by atoms with E-state index in [9.17, 15) is 0 Å². The van der Waals surface area contributed by atoms with E-state index in [1.807, 2.05) is 6.07 Å². The molecule has 0 aliphatic carbocycles. The van der Waals surface area contributed by atoms with Crippen LogP contribution in [0, 0.1) is 0 Å². The summed E-state index contributed by atoms with van der Waals surface area (Å²) in [7, 11) is 1.72. The Kier molecular flexibility index (Phi) is 5.02. The molecule has 1 saturated heterocycles. The second-order valence-electron chi connectivity index (χ2n) is 5.09. The van der Waals surface area contributed by atoms with Crippen LogP contribution in [0.3, 0.4) is 0 Å². The van der Waals surface area contributed by atoms with Gasteiger partial charge in [-0.15, -0.1) is 0 Å². The maximum Gasteiger partial charge on any atom is 0.119 e. The lowest BCUT2D eigenvalue weighted by atomic mass is 10.1. The lowest BCUT2D eigenvalue weighted by Crippen LogP contribution is -2.30. The molecule has 1 aliphatic rings. The zero-order valence-electron chi connectivity index (χ0n) is 11.5. The van der Waals surface area contributed by atoms with Gasteiger partial charge in [-0.2, -0.15) is 0 Å². The average Bonchev–Trinajstić information content (AvgIpc) is 2.61. The van der Waals surface area contributed by atoms with E-state index in [1.165, 1.54) is 18.5 Å². The fourth-order valence-corrected chi connectivity index (χ4v) is 2.40. The van der Waals surface area contributed by atoms with E-state index in [0.29, 0.717) is 6.04 Å². The molecule has 3 heteroatoms. The molecule has 0 radical (unpaired) electrons. The van der Waals surface area contributed by atoms with Crippen molar-refractivity contribution in [3.05, 3.63) is 29.8 Å². The van der Waals surface area contributed by atoms with Crippen LogP contribution in [-0.4, -0.2) is 44.2 Å². The summed E-state index contributed by atoms with van der Waals surface area (Å²) in [5.41, 5.74) is 1.36. The lowest BCUT2D eigenvalue weighted by molar-refractivity contribution is 0.294. The molecule has 0 aromatic heterocycles. The summed E-state index contributed by atoms with van der Waals surface area (Å²) in [4.78, 5) is 2.55. The Hall–Kier alpha value is -1.06. The predicted octanol–water partition coefficient (Wildman–Crippen LogP) is 1.92. The van der Waals surface area contributed by atoms with E-state index in [4.69, 9.17) is 4.74 Å². The van der Waals surface area contributed by atoms with Gasteiger partial charge in [-0.05, 0) is 44.0 Å². The molecule has 1 aromatic carbocycles. The average molecular weight is 248 g/mol. The summed E-state index contributed by atoms with van der Waals surface area (Å²) in [5, 5.41) is 3.53. The molecule has 0 saturated carbocycles. The third kappa shape index (κ3) is 4.00. The number of ether oxygens (including phenoxy) is 1. The van der Waals surface area contributed by atoms with Crippen LogP contribution in [0.1, 0.15) is 18.9 Å². The van der Waals surface area contributed by atoms with E-state index in [-0.39, 0.29) is 0 Å². The Morgan fingerprint density at radius 1 is 1.39 bits per heavy atom. The van der Waals surface area contributed by atoms with Crippen LogP contribution in [0.25, 0.3) is 0 Å². The first kappa shape index (κ1) is 13.4. The second kappa shape index (κ2) is 6.76. The SMILES string of the molecule is COc1cccc(CCN2CCNC(C)CC2)c1. The summed E-state index contributed by atoms with van der Waals surface area (Å²) in [6, 6.07) is 9.05. The van der Waals surface area contributed by atoms with Crippen molar-refractivity contribution < 1.29 is 4.74 Å². The molecule has 1 N–H and O–H groups in total. The highest BCUT2D eigenvalue weighted by Crippen LogP contribution is 2.13. The molecule has 0 amide bonds. The molecular weight excluding hydrogens is 224 g/mol. The molecule has 1 aliphatic heterocycles. The molecule has 3 nitrogen and oxygen atoms in total. The maximum atomic E-state index is 5.26. The third-order valence-electron chi connectivity index (χ3n) is 3.65. The Morgan fingerprint density at radius 2 is 2.28 bits per heavy atom. The second-order valence-corrected chi connectivity index (χ2v) is 5.09. The normalized spacial score (nSPS) is 21.6. The standard InChI is InChI=1S/C15H24N2O/c1-13-6-9-17(11-8-16-13)10-7-14-4-3-5-15(12-14)18-2/h3-5,12-13,16H,6-11H2,1-2H3. The molecule has 0 spiro atoms. The number of benzene rings is 1. The summed E-state index contributed by atoms with van der Waals surface area (Å²) in [6.45, 7) is 6.89. The zero-order chi connectivity index (χ0) is 12.8. The van der Waals surface area contributed by atoms with Crippen LogP contribution in [0.5, 0.6) is 5.75 Å². The van der Waals surface area contributed by atoms with Gasteiger partial charge < -0.3 is 15.0 Å². The Balaban J connectivity index is 1.83. The molecule has 18 heavy (non-hydrogen) atoms. The molecule has 100 valence electrons. The number of rotatable bonds is 4. The minimum atomic E-state index is 0.659. The van der Waals surface area contributed by atoms with E-state index in [0.717, 1.165) is 31.8 Å². The van der Waals surface area contributed by atoms with Crippen molar-refractivity contribution in [3.63, 3.8) is 0 Å². The van der Waals surface area contributed by atoms with Crippen molar-refractivity contribution in [3.8, 4) is 5.75 Å². The van der Waals surface area contributed by atoms with Gasteiger partial charge in [0.25, 0.3) is 0 Å². The first-order valence-electron chi connectivity index (χ1n) is 6.86. The summed E-state index contributed by atoms with van der Waals surface area (Å²) in [6.07, 6.45) is 2.35. The highest BCUT2D eigenvalue weighted by molar-refractivity contribution is 5.28. The summed E-state index contributed by atoms with van der Waals surface area (Å²) in [5.74, 6) is 0.957. The molecule has 1 aromatic rings. The van der Waals surface area contributed by atoms with Gasteiger partial charge in [0.1, 0.15) is 5.75 Å². The molecular formula is C15H24N2O. The smallest absolute Gasteiger partial charge is 0.119 e. The van der Waals surface area contributed by atoms with E-state index >= 15 is 0 Å². The van der Waals surface area contributed by atoms with Gasteiger partial charge in [0.05, 0.1) is 7.11 Å². The summed E-state index contributed by atoms with van der Waals surface area (Å²) < 4.78 is 5.26. The molecule has 1 heterocycles. The van der Waals surface area contributed by atoms with Gasteiger partial charge in [0, 0.05) is 25.7 Å². The van der Waals surface area contributed by atoms with Crippen molar-refractivity contribution in [2.75, 3.05) is 33.3 Å². The molecule has 1 fully saturated rings. The van der Waals surface area contributed by atoms with Crippen molar-refractivity contribution in [2.45, 2.75) is 25.8 Å². The topological polar surface area (TPSA) is 24.5 Å². The van der Waals surface area contributed by atoms with Gasteiger partial charge in [0.15, 0.2) is 0 Å². The van der Waals surface area contributed by atoms with Gasteiger partial charge in [0.2, 0.25) is 0 Å². The van der Waals surface area contributed by atoms with Crippen molar-refractivity contribution in [2.24, 2.45) is 0 Å². The first-order chi connectivity index (χ1) is 8.78. The van der Waals surface area contributed by atoms with Gasteiger partial charge in [-0.1, -0.05) is 12.1 Å². The number of nitrogens with one attached hydrogen (secondary N) is 1. The number of hydrogen-bond acceptors (Lipinski definition) is 3. The Labute approximate surface area is 110 Å². The van der Waals surface area contributed by atoms with Gasteiger partial charge in [-0.25, -0.2) is 0 Å². The zero-order valence-corrected chi connectivity index (χ0v) is 11.5. The summed E-state index contributed by atoms with van der Waals surface area (Å²) >= 11 is 0. The van der Waals surface area contributed by atoms with Crippen molar-refractivity contribution in [1.82, 2.24) is 10.2 Å². The number of methoxy groups -OCH3 is 1. The van der Waals surface area contributed by atoms with Crippen LogP contribution < -0.4 is 10.1 Å². The minimum absolute atomic E-state index is 0.659. The van der Waals surface area contributed by atoms with Crippen LogP contribution in [0.15, 0.2) is 24.3 Å². The lowest BCUT2D eigenvalue weighted by Gasteiger charge is -2.19. The van der Waals surface area contributed by atoms with E-state index in [1.54, 1.807) is 7.11 Å². The number of hydrogen-bond donors (Lipinski definition) is 1. The van der Waals surface area contributed by atoms with Crippen LogP contribution in [-0.2, 0) is 6.42 Å². The fourth-order valence-electron chi connectivity index (χ4n) is 2.40. The Bertz CT molecular complexity index is 367. The fraction of sp³-hybridized carbons (Fsp3) is 0.600. The number of nitrogens with zero attached hydrogens (tertiary/aromatic N) is 1. The highest BCUT2D eigenvalue weighted by Gasteiger charge is 2.12. The minimum Gasteiger partial charge on any atom is -0.497 e. The predicted molar refractivity (Wildman–Crippen MR) is 75.2 cm³/mol. The van der Waals surface area contributed by atoms with E-state index in [2.05, 4.69) is 35.3 Å². The van der Waals surface area contributed by atoms with Gasteiger partial charge in [-0.3, -0.25) is 0 Å². The van der Waals surface area contributed by atoms with Crippen molar-refractivity contribution >= 4 is 0 Å². The van der Waals surface area contributed by atoms with E-state index < -0.39 is 0 Å².